The summed E-state index contributed by atoms with van der Waals surface area (Å²) < 4.78 is 47.4. The van der Waals surface area contributed by atoms with Crippen LogP contribution in [-0.2, 0) is 20.0 Å². The fourth-order valence-corrected chi connectivity index (χ4v) is 2.95. The van der Waals surface area contributed by atoms with Crippen LogP contribution in [0, 0.1) is 0 Å². The molecular formula is C8H11BrN2O4S2. The summed E-state index contributed by atoms with van der Waals surface area (Å²) in [5.74, 6) is -0.0730. The van der Waals surface area contributed by atoms with E-state index >= 15 is 0 Å². The van der Waals surface area contributed by atoms with Gasteiger partial charge in [0.25, 0.3) is 0 Å². The molecule has 0 aromatic heterocycles. The summed E-state index contributed by atoms with van der Waals surface area (Å²) in [7, 11) is -7.20. The first-order chi connectivity index (χ1) is 7.65. The summed E-state index contributed by atoms with van der Waals surface area (Å²) >= 11 is 3.07. The van der Waals surface area contributed by atoms with E-state index in [2.05, 4.69) is 20.7 Å². The maximum absolute atomic E-state index is 11.3. The van der Waals surface area contributed by atoms with Crippen molar-refractivity contribution < 1.29 is 16.8 Å². The molecule has 17 heavy (non-hydrogen) atoms. The Labute approximate surface area is 108 Å². The van der Waals surface area contributed by atoms with Crippen molar-refractivity contribution in [1.29, 1.82) is 0 Å². The predicted molar refractivity (Wildman–Crippen MR) is 68.6 cm³/mol. The van der Waals surface area contributed by atoms with Crippen molar-refractivity contribution in [1.82, 2.24) is 0 Å². The van der Waals surface area contributed by atoms with Gasteiger partial charge >= 0.3 is 0 Å². The molecule has 9 heteroatoms. The first-order valence-electron chi connectivity index (χ1n) is 4.48. The minimum Gasteiger partial charge on any atom is -0.282 e. The first kappa shape index (κ1) is 14.4. The number of hydrogen-bond donors (Lipinski definition) is 2. The van der Waals surface area contributed by atoms with Crippen molar-refractivity contribution in [3.8, 4) is 0 Å². The van der Waals surface area contributed by atoms with E-state index in [-0.39, 0.29) is 16.3 Å². The van der Waals surface area contributed by atoms with Gasteiger partial charge in [0.05, 0.1) is 16.3 Å². The van der Waals surface area contributed by atoms with Crippen molar-refractivity contribution in [2.45, 2.75) is 11.8 Å². The second-order valence-electron chi connectivity index (χ2n) is 3.19. The normalized spacial score (nSPS) is 12.4. The lowest BCUT2D eigenvalue weighted by Gasteiger charge is -2.09. The molecule has 0 amide bonds. The summed E-state index contributed by atoms with van der Waals surface area (Å²) in [5, 5.41) is 4.94. The average molecular weight is 343 g/mol. The van der Waals surface area contributed by atoms with Gasteiger partial charge in [-0.25, -0.2) is 22.0 Å². The summed E-state index contributed by atoms with van der Waals surface area (Å²) in [6, 6.07) is 3.80. The van der Waals surface area contributed by atoms with Crippen LogP contribution in [0.1, 0.15) is 6.92 Å². The van der Waals surface area contributed by atoms with Gasteiger partial charge in [0.2, 0.25) is 20.0 Å². The van der Waals surface area contributed by atoms with E-state index in [1.165, 1.54) is 25.1 Å². The van der Waals surface area contributed by atoms with Crippen LogP contribution in [0.5, 0.6) is 0 Å². The molecule has 0 bridgehead atoms. The number of rotatable bonds is 4. The molecule has 0 heterocycles. The molecule has 0 fully saturated rings. The molecule has 1 rings (SSSR count). The van der Waals surface area contributed by atoms with Crippen molar-refractivity contribution in [2.75, 3.05) is 10.5 Å². The van der Waals surface area contributed by atoms with Crippen molar-refractivity contribution >= 4 is 41.7 Å². The summed E-state index contributed by atoms with van der Waals surface area (Å²) in [4.78, 5) is -0.0937. The third kappa shape index (κ3) is 3.95. The molecule has 0 radical (unpaired) electrons. The van der Waals surface area contributed by atoms with Crippen LogP contribution < -0.4 is 9.86 Å². The lowest BCUT2D eigenvalue weighted by atomic mass is 10.3. The second kappa shape index (κ2) is 4.92. The SMILES string of the molecule is CCS(=O)(=O)Nc1ccc(S(N)(=O)=O)cc1Br. The molecule has 0 aliphatic carbocycles. The average Bonchev–Trinajstić information content (AvgIpc) is 2.19. The van der Waals surface area contributed by atoms with Gasteiger partial charge in [-0.05, 0) is 41.1 Å². The highest BCUT2D eigenvalue weighted by Gasteiger charge is 2.13. The van der Waals surface area contributed by atoms with Crippen LogP contribution in [0.2, 0.25) is 0 Å². The number of halogens is 1. The van der Waals surface area contributed by atoms with Gasteiger partial charge < -0.3 is 0 Å². The Balaban J connectivity index is 3.16. The molecule has 0 aliphatic rings. The Morgan fingerprint density at radius 3 is 2.29 bits per heavy atom. The zero-order chi connectivity index (χ0) is 13.3. The largest absolute Gasteiger partial charge is 0.282 e. The standard InChI is InChI=1S/C8H11BrN2O4S2/c1-2-16(12,13)11-8-4-3-6(5-7(8)9)17(10,14)15/h3-5,11H,2H2,1H3,(H2,10,14,15). The van der Waals surface area contributed by atoms with Gasteiger partial charge in [-0.2, -0.15) is 0 Å². The summed E-state index contributed by atoms with van der Waals surface area (Å²) in [6.07, 6.45) is 0. The third-order valence-corrected chi connectivity index (χ3v) is 4.77. The van der Waals surface area contributed by atoms with Crippen LogP contribution >= 0.6 is 15.9 Å². The fraction of sp³-hybridized carbons (Fsp3) is 0.250. The molecule has 0 saturated carbocycles. The number of anilines is 1. The molecule has 0 unspecified atom stereocenters. The second-order valence-corrected chi connectivity index (χ2v) is 7.62. The van der Waals surface area contributed by atoms with E-state index in [0.29, 0.717) is 4.47 Å². The Bertz CT molecular complexity index is 625. The predicted octanol–water partition coefficient (Wildman–Crippen LogP) is 0.858. The highest BCUT2D eigenvalue weighted by atomic mass is 79.9. The minimum absolute atomic E-state index is 0.0730. The molecule has 96 valence electrons. The maximum Gasteiger partial charge on any atom is 0.238 e. The molecular weight excluding hydrogens is 332 g/mol. The van der Waals surface area contributed by atoms with Gasteiger partial charge in [0.1, 0.15) is 0 Å². The summed E-state index contributed by atoms with van der Waals surface area (Å²) in [6.45, 7) is 1.49. The van der Waals surface area contributed by atoms with Crippen LogP contribution in [0.25, 0.3) is 0 Å². The minimum atomic E-state index is -3.80. The Kier molecular flexibility index (Phi) is 4.18. The Morgan fingerprint density at radius 2 is 1.88 bits per heavy atom. The maximum atomic E-state index is 11.3. The quantitative estimate of drug-likeness (QED) is 0.845. The molecule has 1 aromatic carbocycles. The molecule has 0 spiro atoms. The van der Waals surface area contributed by atoms with Crippen LogP contribution in [0.3, 0.4) is 0 Å². The van der Waals surface area contributed by atoms with Crippen molar-refractivity contribution in [3.63, 3.8) is 0 Å². The zero-order valence-corrected chi connectivity index (χ0v) is 12.1. The number of nitrogens with two attached hydrogens (primary N) is 1. The molecule has 1 aromatic rings. The number of sulfonamides is 2. The van der Waals surface area contributed by atoms with Gasteiger partial charge in [-0.3, -0.25) is 4.72 Å². The smallest absolute Gasteiger partial charge is 0.238 e. The van der Waals surface area contributed by atoms with Gasteiger partial charge in [0, 0.05) is 4.47 Å². The highest BCUT2D eigenvalue weighted by molar-refractivity contribution is 9.10. The summed E-state index contributed by atoms with van der Waals surface area (Å²) in [5.41, 5.74) is 0.263. The number of primary sulfonamides is 1. The van der Waals surface area contributed by atoms with E-state index < -0.39 is 20.0 Å². The lowest BCUT2D eigenvalue weighted by Crippen LogP contribution is -2.16. The van der Waals surface area contributed by atoms with Gasteiger partial charge in [-0.15, -0.1) is 0 Å². The molecule has 6 nitrogen and oxygen atoms in total. The highest BCUT2D eigenvalue weighted by Crippen LogP contribution is 2.26. The third-order valence-electron chi connectivity index (χ3n) is 1.91. The van der Waals surface area contributed by atoms with Crippen molar-refractivity contribution in [3.05, 3.63) is 22.7 Å². The van der Waals surface area contributed by atoms with Crippen molar-refractivity contribution in [2.24, 2.45) is 5.14 Å². The number of benzene rings is 1. The lowest BCUT2D eigenvalue weighted by molar-refractivity contribution is 0.597. The van der Waals surface area contributed by atoms with Gasteiger partial charge in [-0.1, -0.05) is 0 Å². The van der Waals surface area contributed by atoms with Crippen LogP contribution in [0.15, 0.2) is 27.6 Å². The van der Waals surface area contributed by atoms with Crippen LogP contribution in [-0.4, -0.2) is 22.6 Å². The van der Waals surface area contributed by atoms with Gasteiger partial charge in [0.15, 0.2) is 0 Å². The topological polar surface area (TPSA) is 106 Å². The monoisotopic (exact) mass is 342 g/mol. The molecule has 0 atom stereocenters. The number of hydrogen-bond acceptors (Lipinski definition) is 4. The van der Waals surface area contributed by atoms with E-state index in [9.17, 15) is 16.8 Å². The number of nitrogens with one attached hydrogen (secondary N) is 1. The van der Waals surface area contributed by atoms with E-state index in [1.54, 1.807) is 0 Å². The Hall–Kier alpha value is -0.640. The molecule has 0 saturated heterocycles. The molecule has 3 N–H and O–H groups in total. The molecule has 0 aliphatic heterocycles. The van der Waals surface area contributed by atoms with E-state index in [4.69, 9.17) is 5.14 Å². The Morgan fingerprint density at radius 1 is 1.29 bits per heavy atom. The van der Waals surface area contributed by atoms with E-state index in [0.717, 1.165) is 0 Å². The zero-order valence-electron chi connectivity index (χ0n) is 8.84. The fourth-order valence-electron chi connectivity index (χ4n) is 0.995. The first-order valence-corrected chi connectivity index (χ1v) is 8.47. The van der Waals surface area contributed by atoms with Crippen LogP contribution in [0.4, 0.5) is 5.69 Å². The van der Waals surface area contributed by atoms with E-state index in [1.807, 2.05) is 0 Å².